The number of hydrogen-bond donors (Lipinski definition) is 0. The van der Waals surface area contributed by atoms with Gasteiger partial charge in [-0.15, -0.1) is 0 Å². The highest BCUT2D eigenvalue weighted by atomic mass is 16.7. The normalized spacial score (nSPS) is 52.0. The van der Waals surface area contributed by atoms with Crippen molar-refractivity contribution < 1.29 is 9.47 Å². The first-order valence-electron chi connectivity index (χ1n) is 6.03. The van der Waals surface area contributed by atoms with Crippen molar-refractivity contribution in [3.8, 4) is 0 Å². The van der Waals surface area contributed by atoms with Gasteiger partial charge in [0, 0.05) is 5.41 Å². The number of allylic oxidation sites excluding steroid dienone is 2. The summed E-state index contributed by atoms with van der Waals surface area (Å²) in [6.07, 6.45) is 6.11. The van der Waals surface area contributed by atoms with Gasteiger partial charge < -0.3 is 9.47 Å². The third-order valence-corrected chi connectivity index (χ3v) is 4.51. The summed E-state index contributed by atoms with van der Waals surface area (Å²) in [5, 5.41) is 0. The van der Waals surface area contributed by atoms with Crippen LogP contribution in [0.4, 0.5) is 0 Å². The Kier molecular flexibility index (Phi) is 1.73. The zero-order valence-corrected chi connectivity index (χ0v) is 10.5. The predicted molar refractivity (Wildman–Crippen MR) is 63.2 cm³/mol. The second-order valence-corrected chi connectivity index (χ2v) is 6.31. The molecule has 2 heteroatoms. The largest absolute Gasteiger partial charge is 0.366 e. The molecule has 1 aliphatic carbocycles. The molecule has 16 heavy (non-hydrogen) atoms. The van der Waals surface area contributed by atoms with Crippen LogP contribution in [0.3, 0.4) is 0 Å². The van der Waals surface area contributed by atoms with Gasteiger partial charge in [-0.25, -0.2) is 0 Å². The van der Waals surface area contributed by atoms with Crippen molar-refractivity contribution in [1.29, 1.82) is 0 Å². The molecule has 0 spiro atoms. The number of hydrogen-bond acceptors (Lipinski definition) is 2. The minimum absolute atomic E-state index is 0.106. The average Bonchev–Trinajstić information content (AvgIpc) is 2.98. The number of rotatable bonds is 2. The predicted octanol–water partition coefficient (Wildman–Crippen LogP) is 2.84. The van der Waals surface area contributed by atoms with E-state index in [9.17, 15) is 0 Å². The molecule has 0 radical (unpaired) electrons. The van der Waals surface area contributed by atoms with Gasteiger partial charge in [0.25, 0.3) is 0 Å². The van der Waals surface area contributed by atoms with Gasteiger partial charge in [-0.2, -0.15) is 0 Å². The Labute approximate surface area is 97.3 Å². The summed E-state index contributed by atoms with van der Waals surface area (Å²) < 4.78 is 11.8. The maximum absolute atomic E-state index is 6.12. The molecule has 4 atom stereocenters. The Morgan fingerprint density at radius 3 is 2.69 bits per heavy atom. The molecular formula is C14H20O2. The fourth-order valence-electron chi connectivity index (χ4n) is 3.51. The number of epoxide rings is 2. The van der Waals surface area contributed by atoms with Gasteiger partial charge in [-0.1, -0.05) is 32.1 Å². The Morgan fingerprint density at radius 2 is 2.06 bits per heavy atom. The Hall–Kier alpha value is -0.600. The van der Waals surface area contributed by atoms with Gasteiger partial charge in [0.1, 0.15) is 17.3 Å². The van der Waals surface area contributed by atoms with E-state index < -0.39 is 0 Å². The van der Waals surface area contributed by atoms with E-state index in [2.05, 4.69) is 39.5 Å². The smallest absolute Gasteiger partial charge is 0.128 e. The molecule has 0 unspecified atom stereocenters. The van der Waals surface area contributed by atoms with E-state index >= 15 is 0 Å². The molecule has 0 amide bonds. The lowest BCUT2D eigenvalue weighted by atomic mass is 9.64. The van der Waals surface area contributed by atoms with Gasteiger partial charge >= 0.3 is 0 Å². The number of fused-ring (bicyclic) bond motifs is 3. The van der Waals surface area contributed by atoms with Gasteiger partial charge in [0.05, 0.1) is 6.10 Å². The van der Waals surface area contributed by atoms with Crippen LogP contribution in [0.5, 0.6) is 0 Å². The van der Waals surface area contributed by atoms with Crippen LogP contribution < -0.4 is 0 Å². The molecule has 2 nitrogen and oxygen atoms in total. The van der Waals surface area contributed by atoms with Crippen molar-refractivity contribution in [3.63, 3.8) is 0 Å². The first-order chi connectivity index (χ1) is 7.32. The molecule has 0 bridgehead atoms. The van der Waals surface area contributed by atoms with Crippen LogP contribution in [0.2, 0.25) is 0 Å². The minimum atomic E-state index is -0.142. The zero-order valence-electron chi connectivity index (χ0n) is 10.5. The summed E-state index contributed by atoms with van der Waals surface area (Å²) in [5.41, 5.74) is 0.967. The molecule has 0 aromatic carbocycles. The van der Waals surface area contributed by atoms with E-state index in [1.54, 1.807) is 0 Å². The topological polar surface area (TPSA) is 25.1 Å². The second kappa shape index (κ2) is 2.62. The van der Waals surface area contributed by atoms with Gasteiger partial charge in [0.2, 0.25) is 0 Å². The highest BCUT2D eigenvalue weighted by Crippen LogP contribution is 2.70. The molecule has 2 aliphatic heterocycles. The molecule has 3 fully saturated rings. The molecule has 3 aliphatic rings. The van der Waals surface area contributed by atoms with E-state index in [1.165, 1.54) is 0 Å². The summed E-state index contributed by atoms with van der Waals surface area (Å²) in [6.45, 7) is 12.7. The molecular weight excluding hydrogens is 200 g/mol. The van der Waals surface area contributed by atoms with Crippen LogP contribution in [0.1, 0.15) is 34.1 Å². The van der Waals surface area contributed by atoms with Crippen LogP contribution in [0.15, 0.2) is 24.3 Å². The molecule has 0 N–H and O–H groups in total. The summed E-state index contributed by atoms with van der Waals surface area (Å²) in [5.74, 6) is 0. The van der Waals surface area contributed by atoms with Crippen molar-refractivity contribution in [2.24, 2.45) is 5.41 Å². The molecule has 88 valence electrons. The van der Waals surface area contributed by atoms with Crippen molar-refractivity contribution in [1.82, 2.24) is 0 Å². The van der Waals surface area contributed by atoms with Crippen molar-refractivity contribution in [2.75, 3.05) is 0 Å². The van der Waals surface area contributed by atoms with Crippen LogP contribution in [-0.2, 0) is 9.47 Å². The second-order valence-electron chi connectivity index (χ2n) is 6.31. The van der Waals surface area contributed by atoms with Crippen molar-refractivity contribution in [3.05, 3.63) is 24.3 Å². The van der Waals surface area contributed by atoms with E-state index in [0.717, 1.165) is 12.0 Å². The van der Waals surface area contributed by atoms with Crippen LogP contribution in [-0.4, -0.2) is 23.4 Å². The third-order valence-electron chi connectivity index (χ3n) is 4.51. The van der Waals surface area contributed by atoms with E-state index in [1.807, 2.05) is 6.92 Å². The first kappa shape index (κ1) is 10.5. The first-order valence-corrected chi connectivity index (χ1v) is 6.03. The van der Waals surface area contributed by atoms with Crippen LogP contribution in [0, 0.1) is 5.41 Å². The minimum Gasteiger partial charge on any atom is -0.366 e. The maximum atomic E-state index is 6.12. The molecule has 3 rings (SSSR count). The molecule has 2 heterocycles. The Bertz CT molecular complexity index is 389. The van der Waals surface area contributed by atoms with Gasteiger partial charge in [-0.3, -0.25) is 0 Å². The zero-order chi connectivity index (χ0) is 11.8. The fraction of sp³-hybridized carbons (Fsp3) is 0.714. The standard InChI is InChI=1S/C14H20O2/c1-9(2)6-7-14-12(3,4)8-10-11(15-10)13(14,5)16-14/h6-7,10-11H,1,8H2,2-5H3/b7-6-/t10-,11-,13-,14+/m1/s1. The summed E-state index contributed by atoms with van der Waals surface area (Å²) >= 11 is 0. The highest BCUT2D eigenvalue weighted by molar-refractivity contribution is 5.39. The lowest BCUT2D eigenvalue weighted by Gasteiger charge is -2.34. The average molecular weight is 220 g/mol. The molecule has 2 saturated heterocycles. The van der Waals surface area contributed by atoms with E-state index in [4.69, 9.17) is 9.47 Å². The maximum Gasteiger partial charge on any atom is 0.128 e. The SMILES string of the molecule is C=C(C)/C=C\[C@@]12O[C@]1(C)[C@@H]1O[C@@H]1CC2(C)C. The highest BCUT2D eigenvalue weighted by Gasteiger charge is 2.83. The molecule has 0 aromatic heterocycles. The Morgan fingerprint density at radius 1 is 1.38 bits per heavy atom. The molecule has 0 aromatic rings. The van der Waals surface area contributed by atoms with Gasteiger partial charge in [-0.05, 0) is 26.3 Å². The third kappa shape index (κ3) is 1.05. The van der Waals surface area contributed by atoms with Gasteiger partial charge in [0.15, 0.2) is 0 Å². The van der Waals surface area contributed by atoms with E-state index in [-0.39, 0.29) is 16.6 Å². The van der Waals surface area contributed by atoms with Crippen LogP contribution >= 0.6 is 0 Å². The van der Waals surface area contributed by atoms with Crippen molar-refractivity contribution >= 4 is 0 Å². The van der Waals surface area contributed by atoms with E-state index in [0.29, 0.717) is 12.2 Å². The number of ether oxygens (including phenoxy) is 2. The summed E-state index contributed by atoms with van der Waals surface area (Å²) in [6, 6.07) is 0. The fourth-order valence-corrected chi connectivity index (χ4v) is 3.51. The Balaban J connectivity index is 1.97. The quantitative estimate of drug-likeness (QED) is 0.528. The summed E-state index contributed by atoms with van der Waals surface area (Å²) in [7, 11) is 0. The monoisotopic (exact) mass is 220 g/mol. The summed E-state index contributed by atoms with van der Waals surface area (Å²) in [4.78, 5) is 0. The van der Waals surface area contributed by atoms with Crippen LogP contribution in [0.25, 0.3) is 0 Å². The van der Waals surface area contributed by atoms with Crippen molar-refractivity contribution in [2.45, 2.75) is 57.5 Å². The lowest BCUT2D eigenvalue weighted by Crippen LogP contribution is -2.45. The lowest BCUT2D eigenvalue weighted by molar-refractivity contribution is 0.149. The molecule has 1 saturated carbocycles.